The molecule has 5 nitrogen and oxygen atoms in total. The fourth-order valence-electron chi connectivity index (χ4n) is 3.73. The largest absolute Gasteiger partial charge is 0.342 e. The van der Waals surface area contributed by atoms with Crippen LogP contribution in [0.2, 0.25) is 0 Å². The molecule has 0 bridgehead atoms. The van der Waals surface area contributed by atoms with Crippen LogP contribution in [0.3, 0.4) is 0 Å². The average Bonchev–Trinajstić information content (AvgIpc) is 3.04. The molecule has 0 saturated carbocycles. The third kappa shape index (κ3) is 3.46. The first-order valence-electron chi connectivity index (χ1n) is 8.86. The zero-order chi connectivity index (χ0) is 17.2. The van der Waals surface area contributed by atoms with Gasteiger partial charge < -0.3 is 15.5 Å². The summed E-state index contributed by atoms with van der Waals surface area (Å²) in [5.41, 5.74) is 6.63. The van der Waals surface area contributed by atoms with Crippen LogP contribution in [0, 0.1) is 11.3 Å². The summed E-state index contributed by atoms with van der Waals surface area (Å²) in [5, 5.41) is 0. The fourth-order valence-corrected chi connectivity index (χ4v) is 3.73. The van der Waals surface area contributed by atoms with Gasteiger partial charge in [0.25, 0.3) is 5.91 Å². The Hall–Kier alpha value is -1.88. The van der Waals surface area contributed by atoms with E-state index in [9.17, 15) is 9.59 Å². The molecule has 0 spiro atoms. The number of carbonyl (C=O) groups is 2. The monoisotopic (exact) mass is 329 g/mol. The number of piperidine rings is 1. The van der Waals surface area contributed by atoms with Crippen molar-refractivity contribution in [1.29, 1.82) is 0 Å². The van der Waals surface area contributed by atoms with Crippen LogP contribution >= 0.6 is 0 Å². The maximum absolute atomic E-state index is 12.7. The molecule has 2 amide bonds. The van der Waals surface area contributed by atoms with Gasteiger partial charge in [0.05, 0.1) is 0 Å². The van der Waals surface area contributed by atoms with Gasteiger partial charge in [-0.05, 0) is 43.4 Å². The number of hydrogen-bond donors (Lipinski definition) is 1. The summed E-state index contributed by atoms with van der Waals surface area (Å²) < 4.78 is 0. The number of hydrogen-bond acceptors (Lipinski definition) is 3. The van der Waals surface area contributed by atoms with Crippen molar-refractivity contribution < 1.29 is 9.59 Å². The van der Waals surface area contributed by atoms with Crippen molar-refractivity contribution in [3.8, 4) is 0 Å². The SMILES string of the molecule is CC1(CN)CCN(C(=O)C2CCN(C(=O)c3ccccc3)CC2)C1. The summed E-state index contributed by atoms with van der Waals surface area (Å²) in [5.74, 6) is 0.363. The highest BCUT2D eigenvalue weighted by Gasteiger charge is 2.38. The van der Waals surface area contributed by atoms with Gasteiger partial charge in [0.15, 0.2) is 0 Å². The number of carbonyl (C=O) groups excluding carboxylic acids is 2. The Labute approximate surface area is 143 Å². The lowest BCUT2D eigenvalue weighted by Crippen LogP contribution is -2.44. The van der Waals surface area contributed by atoms with Gasteiger partial charge in [-0.1, -0.05) is 25.1 Å². The first kappa shape index (κ1) is 17.0. The molecule has 0 aliphatic carbocycles. The molecule has 2 aliphatic heterocycles. The summed E-state index contributed by atoms with van der Waals surface area (Å²) in [6.45, 7) is 5.68. The lowest BCUT2D eigenvalue weighted by Gasteiger charge is -2.33. The molecule has 3 rings (SSSR count). The van der Waals surface area contributed by atoms with E-state index in [1.807, 2.05) is 40.1 Å². The average molecular weight is 329 g/mol. The standard InChI is InChI=1S/C19H27N3O2/c1-19(13-20)9-12-22(14-19)18(24)16-7-10-21(11-8-16)17(23)15-5-3-2-4-6-15/h2-6,16H,7-14,20H2,1H3. The molecule has 24 heavy (non-hydrogen) atoms. The highest BCUT2D eigenvalue weighted by atomic mass is 16.2. The van der Waals surface area contributed by atoms with E-state index in [0.717, 1.165) is 37.9 Å². The first-order chi connectivity index (χ1) is 11.5. The summed E-state index contributed by atoms with van der Waals surface area (Å²) in [6, 6.07) is 9.36. The summed E-state index contributed by atoms with van der Waals surface area (Å²) in [4.78, 5) is 29.1. The van der Waals surface area contributed by atoms with Gasteiger partial charge in [0.2, 0.25) is 5.91 Å². The minimum atomic E-state index is 0.0462. The quantitative estimate of drug-likeness (QED) is 0.918. The minimum Gasteiger partial charge on any atom is -0.342 e. The Kier molecular flexibility index (Phi) is 4.90. The van der Waals surface area contributed by atoms with E-state index >= 15 is 0 Å². The summed E-state index contributed by atoms with van der Waals surface area (Å²) in [7, 11) is 0. The Morgan fingerprint density at radius 3 is 2.38 bits per heavy atom. The van der Waals surface area contributed by atoms with Crippen molar-refractivity contribution in [1.82, 2.24) is 9.80 Å². The molecule has 1 atom stereocenters. The van der Waals surface area contributed by atoms with E-state index in [1.165, 1.54) is 0 Å². The van der Waals surface area contributed by atoms with Crippen LogP contribution in [0.4, 0.5) is 0 Å². The van der Waals surface area contributed by atoms with Crippen LogP contribution in [0.5, 0.6) is 0 Å². The Morgan fingerprint density at radius 2 is 1.79 bits per heavy atom. The van der Waals surface area contributed by atoms with Gasteiger partial charge in [-0.25, -0.2) is 0 Å². The van der Waals surface area contributed by atoms with Crippen molar-refractivity contribution in [2.45, 2.75) is 26.2 Å². The van der Waals surface area contributed by atoms with Crippen LogP contribution in [0.15, 0.2) is 30.3 Å². The zero-order valence-corrected chi connectivity index (χ0v) is 14.4. The molecule has 1 aromatic carbocycles. The molecule has 2 saturated heterocycles. The molecule has 1 unspecified atom stereocenters. The number of benzene rings is 1. The smallest absolute Gasteiger partial charge is 0.253 e. The molecule has 130 valence electrons. The lowest BCUT2D eigenvalue weighted by atomic mass is 9.90. The molecule has 2 N–H and O–H groups in total. The zero-order valence-electron chi connectivity index (χ0n) is 14.4. The van der Waals surface area contributed by atoms with Crippen molar-refractivity contribution in [3.05, 3.63) is 35.9 Å². The molecule has 1 aromatic rings. The second-order valence-corrected chi connectivity index (χ2v) is 7.46. The first-order valence-corrected chi connectivity index (χ1v) is 8.86. The molecule has 0 radical (unpaired) electrons. The third-order valence-corrected chi connectivity index (χ3v) is 5.51. The highest BCUT2D eigenvalue weighted by Crippen LogP contribution is 2.31. The van der Waals surface area contributed by atoms with Gasteiger partial charge in [-0.2, -0.15) is 0 Å². The Balaban J connectivity index is 1.54. The predicted molar refractivity (Wildman–Crippen MR) is 93.4 cm³/mol. The van der Waals surface area contributed by atoms with Crippen molar-refractivity contribution in [2.75, 3.05) is 32.7 Å². The van der Waals surface area contributed by atoms with Crippen LogP contribution in [-0.2, 0) is 4.79 Å². The van der Waals surface area contributed by atoms with Gasteiger partial charge in [-0.15, -0.1) is 0 Å². The summed E-state index contributed by atoms with van der Waals surface area (Å²) in [6.07, 6.45) is 2.50. The number of rotatable bonds is 3. The van der Waals surface area contributed by atoms with Crippen LogP contribution in [0.1, 0.15) is 36.5 Å². The predicted octanol–water partition coefficient (Wildman–Crippen LogP) is 1.74. The maximum Gasteiger partial charge on any atom is 0.253 e. The molecule has 2 aliphatic rings. The number of likely N-dealkylation sites (tertiary alicyclic amines) is 2. The molecule has 2 heterocycles. The van der Waals surface area contributed by atoms with Gasteiger partial charge >= 0.3 is 0 Å². The van der Waals surface area contributed by atoms with E-state index in [1.54, 1.807) is 0 Å². The molecule has 0 aromatic heterocycles. The van der Waals surface area contributed by atoms with Gasteiger partial charge in [-0.3, -0.25) is 9.59 Å². The van der Waals surface area contributed by atoms with Crippen molar-refractivity contribution in [3.63, 3.8) is 0 Å². The molecule has 2 fully saturated rings. The fraction of sp³-hybridized carbons (Fsp3) is 0.579. The van der Waals surface area contributed by atoms with E-state index < -0.39 is 0 Å². The third-order valence-electron chi connectivity index (χ3n) is 5.51. The van der Waals surface area contributed by atoms with Crippen molar-refractivity contribution >= 4 is 11.8 Å². The van der Waals surface area contributed by atoms with Gasteiger partial charge in [0.1, 0.15) is 0 Å². The highest BCUT2D eigenvalue weighted by molar-refractivity contribution is 5.94. The Bertz CT molecular complexity index is 596. The molecule has 5 heteroatoms. The minimum absolute atomic E-state index is 0.0462. The van der Waals surface area contributed by atoms with Crippen LogP contribution in [-0.4, -0.2) is 54.3 Å². The van der Waals surface area contributed by atoms with Crippen LogP contribution in [0.25, 0.3) is 0 Å². The second kappa shape index (κ2) is 6.93. The summed E-state index contributed by atoms with van der Waals surface area (Å²) >= 11 is 0. The lowest BCUT2D eigenvalue weighted by molar-refractivity contribution is -0.136. The maximum atomic E-state index is 12.7. The number of nitrogens with two attached hydrogens (primary N) is 1. The topological polar surface area (TPSA) is 66.6 Å². The number of nitrogens with zero attached hydrogens (tertiary/aromatic N) is 2. The van der Waals surface area contributed by atoms with Crippen molar-refractivity contribution in [2.24, 2.45) is 17.1 Å². The van der Waals surface area contributed by atoms with Crippen LogP contribution < -0.4 is 5.73 Å². The van der Waals surface area contributed by atoms with E-state index in [2.05, 4.69) is 6.92 Å². The normalized spacial score (nSPS) is 25.1. The molecular formula is C19H27N3O2. The van der Waals surface area contributed by atoms with Gasteiger partial charge in [0, 0.05) is 37.7 Å². The molecular weight excluding hydrogens is 302 g/mol. The van der Waals surface area contributed by atoms with E-state index in [-0.39, 0.29) is 23.1 Å². The Morgan fingerprint density at radius 1 is 1.12 bits per heavy atom. The van der Waals surface area contributed by atoms with E-state index in [4.69, 9.17) is 5.73 Å². The number of amides is 2. The second-order valence-electron chi connectivity index (χ2n) is 7.46. The van der Waals surface area contributed by atoms with E-state index in [0.29, 0.717) is 19.6 Å².